The summed E-state index contributed by atoms with van der Waals surface area (Å²) in [6.07, 6.45) is 0.780. The zero-order chi connectivity index (χ0) is 16.7. The van der Waals surface area contributed by atoms with Crippen molar-refractivity contribution in [1.29, 1.82) is 0 Å². The molecule has 0 aliphatic rings. The highest BCUT2D eigenvalue weighted by atomic mass is 35.5. The summed E-state index contributed by atoms with van der Waals surface area (Å²) in [6, 6.07) is 14.5. The van der Waals surface area contributed by atoms with E-state index >= 15 is 0 Å². The Morgan fingerprint density at radius 1 is 1.13 bits per heavy atom. The van der Waals surface area contributed by atoms with E-state index in [0.717, 1.165) is 12.0 Å². The molecule has 2 rings (SSSR count). The summed E-state index contributed by atoms with van der Waals surface area (Å²) in [5.74, 6) is 0.657. The topological polar surface area (TPSA) is 50.4 Å². The smallest absolute Gasteiger partial charge is 0.319 e. The first-order valence-electron chi connectivity index (χ1n) is 7.68. The molecular weight excluding hydrogens is 312 g/mol. The van der Waals surface area contributed by atoms with Gasteiger partial charge in [0.05, 0.1) is 18.3 Å². The Morgan fingerprint density at radius 3 is 2.48 bits per heavy atom. The molecule has 0 aromatic heterocycles. The van der Waals surface area contributed by atoms with Crippen LogP contribution in [0.1, 0.15) is 31.9 Å². The van der Waals surface area contributed by atoms with E-state index in [9.17, 15) is 4.79 Å². The number of halogens is 1. The number of ether oxygens (including phenoxy) is 1. The second-order valence-electron chi connectivity index (χ2n) is 5.04. The molecule has 2 amide bonds. The lowest BCUT2D eigenvalue weighted by atomic mass is 10.1. The molecule has 2 aromatic rings. The summed E-state index contributed by atoms with van der Waals surface area (Å²) >= 11 is 5.91. The summed E-state index contributed by atoms with van der Waals surface area (Å²) < 4.78 is 5.51. The number of hydrogen-bond acceptors (Lipinski definition) is 2. The van der Waals surface area contributed by atoms with Crippen LogP contribution in [0.3, 0.4) is 0 Å². The lowest BCUT2D eigenvalue weighted by molar-refractivity contribution is 0.248. The molecule has 4 nitrogen and oxygen atoms in total. The third kappa shape index (κ3) is 4.89. The number of benzene rings is 2. The fourth-order valence-electron chi connectivity index (χ4n) is 2.28. The molecule has 23 heavy (non-hydrogen) atoms. The average Bonchev–Trinajstić information content (AvgIpc) is 2.55. The molecule has 2 N–H and O–H groups in total. The number of para-hydroxylation sites is 2. The second kappa shape index (κ2) is 8.44. The van der Waals surface area contributed by atoms with Crippen molar-refractivity contribution in [3.63, 3.8) is 0 Å². The van der Waals surface area contributed by atoms with Crippen molar-refractivity contribution in [2.75, 3.05) is 11.9 Å². The van der Waals surface area contributed by atoms with E-state index in [1.807, 2.05) is 62.4 Å². The number of amides is 2. The maximum absolute atomic E-state index is 12.3. The van der Waals surface area contributed by atoms with Gasteiger partial charge in [-0.1, -0.05) is 42.8 Å². The number of hydrogen-bond donors (Lipinski definition) is 2. The van der Waals surface area contributed by atoms with Gasteiger partial charge >= 0.3 is 6.03 Å². The first-order valence-corrected chi connectivity index (χ1v) is 8.06. The Morgan fingerprint density at radius 2 is 1.83 bits per heavy atom. The van der Waals surface area contributed by atoms with Gasteiger partial charge in [-0.3, -0.25) is 0 Å². The van der Waals surface area contributed by atoms with E-state index in [-0.39, 0.29) is 12.1 Å². The Balaban J connectivity index is 2.04. The van der Waals surface area contributed by atoms with E-state index in [1.54, 1.807) is 0 Å². The Kier molecular flexibility index (Phi) is 6.29. The van der Waals surface area contributed by atoms with Gasteiger partial charge < -0.3 is 15.4 Å². The van der Waals surface area contributed by atoms with E-state index in [1.165, 1.54) is 0 Å². The zero-order valence-electron chi connectivity index (χ0n) is 13.3. The van der Waals surface area contributed by atoms with E-state index in [0.29, 0.717) is 23.1 Å². The Bertz CT molecular complexity index is 644. The van der Waals surface area contributed by atoms with Crippen LogP contribution in [0.5, 0.6) is 5.75 Å². The molecule has 0 radical (unpaired) electrons. The summed E-state index contributed by atoms with van der Waals surface area (Å²) in [5.41, 5.74) is 1.67. The maximum Gasteiger partial charge on any atom is 0.319 e. The number of rotatable bonds is 6. The third-order valence-electron chi connectivity index (χ3n) is 3.42. The summed E-state index contributed by atoms with van der Waals surface area (Å²) in [4.78, 5) is 12.3. The number of nitrogens with one attached hydrogen (secondary N) is 2. The molecule has 1 atom stereocenters. The van der Waals surface area contributed by atoms with Crippen LogP contribution in [0.25, 0.3) is 0 Å². The summed E-state index contributed by atoms with van der Waals surface area (Å²) in [7, 11) is 0. The SMILES string of the molecule is CCOc1ccccc1NC(=O)N[C@H](CC)c1ccc(Cl)cc1. The molecule has 0 saturated heterocycles. The molecule has 0 heterocycles. The molecule has 0 saturated carbocycles. The molecule has 0 aliphatic carbocycles. The van der Waals surface area contributed by atoms with Crippen molar-refractivity contribution in [1.82, 2.24) is 5.32 Å². The highest BCUT2D eigenvalue weighted by Gasteiger charge is 2.14. The quantitative estimate of drug-likeness (QED) is 0.781. The van der Waals surface area contributed by atoms with Crippen LogP contribution in [0, 0.1) is 0 Å². The highest BCUT2D eigenvalue weighted by Crippen LogP contribution is 2.24. The van der Waals surface area contributed by atoms with E-state index in [4.69, 9.17) is 16.3 Å². The van der Waals surface area contributed by atoms with Gasteiger partial charge in [0.2, 0.25) is 0 Å². The summed E-state index contributed by atoms with van der Waals surface area (Å²) in [6.45, 7) is 4.47. The van der Waals surface area contributed by atoms with Gasteiger partial charge in [0.1, 0.15) is 5.75 Å². The zero-order valence-corrected chi connectivity index (χ0v) is 14.1. The molecule has 0 spiro atoms. The monoisotopic (exact) mass is 332 g/mol. The predicted octanol–water partition coefficient (Wildman–Crippen LogP) is 5.01. The van der Waals surface area contributed by atoms with Crippen molar-refractivity contribution in [3.8, 4) is 5.75 Å². The number of anilines is 1. The number of carbonyl (C=O) groups is 1. The minimum Gasteiger partial charge on any atom is -0.492 e. The van der Waals surface area contributed by atoms with Gasteiger partial charge in [-0.2, -0.15) is 0 Å². The first kappa shape index (κ1) is 17.2. The Hall–Kier alpha value is -2.20. The van der Waals surface area contributed by atoms with Crippen molar-refractivity contribution < 1.29 is 9.53 Å². The van der Waals surface area contributed by atoms with Crippen molar-refractivity contribution in [2.24, 2.45) is 0 Å². The maximum atomic E-state index is 12.3. The van der Waals surface area contributed by atoms with Crippen molar-refractivity contribution >= 4 is 23.3 Å². The molecule has 0 fully saturated rings. The molecule has 0 unspecified atom stereocenters. The second-order valence-corrected chi connectivity index (χ2v) is 5.48. The van der Waals surface area contributed by atoms with Crippen molar-refractivity contribution in [2.45, 2.75) is 26.3 Å². The highest BCUT2D eigenvalue weighted by molar-refractivity contribution is 6.30. The Labute approximate surface area is 141 Å². The molecule has 5 heteroatoms. The molecule has 2 aromatic carbocycles. The van der Waals surface area contributed by atoms with Gasteiger partial charge in [-0.05, 0) is 43.2 Å². The number of urea groups is 1. The van der Waals surface area contributed by atoms with Crippen LogP contribution >= 0.6 is 11.6 Å². The van der Waals surface area contributed by atoms with Crippen molar-refractivity contribution in [3.05, 3.63) is 59.1 Å². The van der Waals surface area contributed by atoms with Gasteiger partial charge in [0, 0.05) is 5.02 Å². The van der Waals surface area contributed by atoms with E-state index < -0.39 is 0 Å². The van der Waals surface area contributed by atoms with E-state index in [2.05, 4.69) is 10.6 Å². The van der Waals surface area contributed by atoms with Gasteiger partial charge in [-0.25, -0.2) is 4.79 Å². The predicted molar refractivity (Wildman–Crippen MR) is 94.2 cm³/mol. The van der Waals surface area contributed by atoms with Gasteiger partial charge in [0.15, 0.2) is 0 Å². The molecule has 0 aliphatic heterocycles. The lowest BCUT2D eigenvalue weighted by Gasteiger charge is -2.19. The van der Waals surface area contributed by atoms with Crippen LogP contribution in [-0.2, 0) is 0 Å². The number of carbonyl (C=O) groups excluding carboxylic acids is 1. The minimum atomic E-state index is -0.265. The van der Waals surface area contributed by atoms with Crippen LogP contribution < -0.4 is 15.4 Å². The fourth-order valence-corrected chi connectivity index (χ4v) is 2.41. The van der Waals surface area contributed by atoms with Crippen LogP contribution in [0.2, 0.25) is 5.02 Å². The summed E-state index contributed by atoms with van der Waals surface area (Å²) in [5, 5.41) is 6.49. The normalized spacial score (nSPS) is 11.6. The molecule has 122 valence electrons. The molecule has 0 bridgehead atoms. The largest absolute Gasteiger partial charge is 0.492 e. The first-order chi connectivity index (χ1) is 11.1. The third-order valence-corrected chi connectivity index (χ3v) is 3.67. The van der Waals surface area contributed by atoms with Crippen LogP contribution in [0.4, 0.5) is 10.5 Å². The van der Waals surface area contributed by atoms with Crippen LogP contribution in [0.15, 0.2) is 48.5 Å². The minimum absolute atomic E-state index is 0.0773. The van der Waals surface area contributed by atoms with Crippen LogP contribution in [-0.4, -0.2) is 12.6 Å². The fraction of sp³-hybridized carbons (Fsp3) is 0.278. The average molecular weight is 333 g/mol. The van der Waals surface area contributed by atoms with Gasteiger partial charge in [-0.15, -0.1) is 0 Å². The molecular formula is C18H21ClN2O2. The standard InChI is InChI=1S/C18H21ClN2O2/c1-3-15(13-9-11-14(19)12-10-13)20-18(22)21-16-7-5-6-8-17(16)23-4-2/h5-12,15H,3-4H2,1-2H3,(H2,20,21,22)/t15-/m1/s1. The lowest BCUT2D eigenvalue weighted by Crippen LogP contribution is -2.32. The van der Waals surface area contributed by atoms with Gasteiger partial charge in [0.25, 0.3) is 0 Å².